The Morgan fingerprint density at radius 3 is 2.55 bits per heavy atom. The third kappa shape index (κ3) is 4.66. The number of carbonyl (C=O) groups excluding carboxylic acids is 2. The number of para-hydroxylation sites is 1. The van der Waals surface area contributed by atoms with E-state index in [1.807, 2.05) is 13.8 Å². The number of hydrogen-bond acceptors (Lipinski definition) is 4. The van der Waals surface area contributed by atoms with Gasteiger partial charge in [0.15, 0.2) is 0 Å². The highest BCUT2D eigenvalue weighted by atomic mass is 16.5. The molecule has 0 aliphatic carbocycles. The zero-order valence-electron chi connectivity index (χ0n) is 12.2. The molecule has 1 atom stereocenters. The highest BCUT2D eigenvalue weighted by molar-refractivity contribution is 6.02. The van der Waals surface area contributed by atoms with E-state index in [1.165, 1.54) is 0 Å². The molecular formula is C15H22N2O3. The van der Waals surface area contributed by atoms with Crippen molar-refractivity contribution in [2.45, 2.75) is 33.2 Å². The second-order valence-electron chi connectivity index (χ2n) is 4.99. The van der Waals surface area contributed by atoms with E-state index < -0.39 is 12.0 Å². The Bertz CT molecular complexity index is 472. The Hall–Kier alpha value is -1.88. The van der Waals surface area contributed by atoms with Gasteiger partial charge in [-0.15, -0.1) is 0 Å². The topological polar surface area (TPSA) is 81.4 Å². The Morgan fingerprint density at radius 2 is 1.95 bits per heavy atom. The minimum absolute atomic E-state index is 0.286. The van der Waals surface area contributed by atoms with Gasteiger partial charge >= 0.3 is 5.97 Å². The lowest BCUT2D eigenvalue weighted by Crippen LogP contribution is -2.37. The van der Waals surface area contributed by atoms with Crippen molar-refractivity contribution in [2.24, 2.45) is 11.7 Å². The van der Waals surface area contributed by atoms with Crippen molar-refractivity contribution >= 4 is 17.6 Å². The van der Waals surface area contributed by atoms with Crippen LogP contribution < -0.4 is 11.1 Å². The summed E-state index contributed by atoms with van der Waals surface area (Å²) in [7, 11) is 0. The summed E-state index contributed by atoms with van der Waals surface area (Å²) in [5, 5.41) is 2.69. The predicted octanol–water partition coefficient (Wildman–Crippen LogP) is 2.18. The summed E-state index contributed by atoms with van der Waals surface area (Å²) in [5.74, 6) is -0.424. The fourth-order valence-corrected chi connectivity index (χ4v) is 1.82. The number of nitrogens with one attached hydrogen (secondary N) is 1. The third-order valence-electron chi connectivity index (χ3n) is 2.74. The summed E-state index contributed by atoms with van der Waals surface area (Å²) in [6.45, 7) is 6.02. The zero-order chi connectivity index (χ0) is 15.1. The van der Waals surface area contributed by atoms with Crippen molar-refractivity contribution < 1.29 is 14.3 Å². The van der Waals surface area contributed by atoms with Crippen LogP contribution in [0.2, 0.25) is 0 Å². The lowest BCUT2D eigenvalue weighted by Gasteiger charge is -2.15. The largest absolute Gasteiger partial charge is 0.462 e. The maximum Gasteiger partial charge on any atom is 0.340 e. The van der Waals surface area contributed by atoms with Crippen LogP contribution in [0.25, 0.3) is 0 Å². The van der Waals surface area contributed by atoms with Gasteiger partial charge in [-0.05, 0) is 31.4 Å². The molecule has 1 amide bonds. The van der Waals surface area contributed by atoms with E-state index in [1.54, 1.807) is 31.2 Å². The van der Waals surface area contributed by atoms with Gasteiger partial charge in [-0.1, -0.05) is 26.0 Å². The molecule has 0 fully saturated rings. The van der Waals surface area contributed by atoms with E-state index >= 15 is 0 Å². The molecule has 0 unspecified atom stereocenters. The standard InChI is InChI=1S/C15H22N2O3/c1-4-20-15(19)11-7-5-6-8-13(11)17-14(18)12(16)9-10(2)3/h5-8,10,12H,4,9,16H2,1-3H3,(H,17,18)/t12-/m1/s1. The monoisotopic (exact) mass is 278 g/mol. The Morgan fingerprint density at radius 1 is 1.30 bits per heavy atom. The molecule has 1 rings (SSSR count). The Kier molecular flexibility index (Phi) is 6.18. The molecule has 0 aromatic heterocycles. The van der Waals surface area contributed by atoms with Crippen LogP contribution in [-0.2, 0) is 9.53 Å². The first-order valence-corrected chi connectivity index (χ1v) is 6.78. The number of esters is 1. The van der Waals surface area contributed by atoms with Crippen molar-refractivity contribution in [3.8, 4) is 0 Å². The van der Waals surface area contributed by atoms with E-state index in [0.29, 0.717) is 23.6 Å². The maximum atomic E-state index is 12.0. The zero-order valence-corrected chi connectivity index (χ0v) is 12.2. The highest BCUT2D eigenvalue weighted by Crippen LogP contribution is 2.17. The minimum atomic E-state index is -0.592. The van der Waals surface area contributed by atoms with Gasteiger partial charge in [-0.25, -0.2) is 4.79 Å². The van der Waals surface area contributed by atoms with E-state index in [4.69, 9.17) is 10.5 Å². The summed E-state index contributed by atoms with van der Waals surface area (Å²) >= 11 is 0. The quantitative estimate of drug-likeness (QED) is 0.781. The molecule has 5 heteroatoms. The maximum absolute atomic E-state index is 12.0. The van der Waals surface area contributed by atoms with Gasteiger partial charge in [0.25, 0.3) is 0 Å². The molecule has 0 saturated carbocycles. The van der Waals surface area contributed by atoms with Gasteiger partial charge in [0.2, 0.25) is 5.91 Å². The second kappa shape index (κ2) is 7.65. The molecule has 3 N–H and O–H groups in total. The van der Waals surface area contributed by atoms with Gasteiger partial charge in [-0.2, -0.15) is 0 Å². The van der Waals surface area contributed by atoms with Crippen LogP contribution in [0.1, 0.15) is 37.6 Å². The van der Waals surface area contributed by atoms with Crippen LogP contribution in [0.15, 0.2) is 24.3 Å². The third-order valence-corrected chi connectivity index (χ3v) is 2.74. The van der Waals surface area contributed by atoms with E-state index in [2.05, 4.69) is 5.32 Å². The normalized spacial score (nSPS) is 12.1. The molecule has 110 valence electrons. The van der Waals surface area contributed by atoms with E-state index in [9.17, 15) is 9.59 Å². The molecule has 20 heavy (non-hydrogen) atoms. The van der Waals surface area contributed by atoms with Gasteiger partial charge in [0, 0.05) is 0 Å². The molecule has 0 saturated heterocycles. The first kappa shape index (κ1) is 16.2. The van der Waals surface area contributed by atoms with Gasteiger partial charge < -0.3 is 15.8 Å². The van der Waals surface area contributed by atoms with Crippen molar-refractivity contribution in [2.75, 3.05) is 11.9 Å². The lowest BCUT2D eigenvalue weighted by molar-refractivity contribution is -0.117. The minimum Gasteiger partial charge on any atom is -0.462 e. The molecule has 0 radical (unpaired) electrons. The van der Waals surface area contributed by atoms with Gasteiger partial charge in [0.05, 0.1) is 23.9 Å². The fourth-order valence-electron chi connectivity index (χ4n) is 1.82. The lowest BCUT2D eigenvalue weighted by atomic mass is 10.0. The highest BCUT2D eigenvalue weighted by Gasteiger charge is 2.18. The molecule has 0 spiro atoms. The summed E-state index contributed by atoms with van der Waals surface area (Å²) in [4.78, 5) is 23.8. The number of hydrogen-bond donors (Lipinski definition) is 2. The fraction of sp³-hybridized carbons (Fsp3) is 0.467. The molecular weight excluding hydrogens is 256 g/mol. The first-order chi connectivity index (χ1) is 9.45. The van der Waals surface area contributed by atoms with Crippen molar-refractivity contribution in [3.63, 3.8) is 0 Å². The molecule has 0 heterocycles. The molecule has 1 aromatic carbocycles. The van der Waals surface area contributed by atoms with Gasteiger partial charge in [0.1, 0.15) is 0 Å². The summed E-state index contributed by atoms with van der Waals surface area (Å²) in [6, 6.07) is 6.14. The van der Waals surface area contributed by atoms with Crippen LogP contribution in [0, 0.1) is 5.92 Å². The number of anilines is 1. The van der Waals surface area contributed by atoms with Crippen molar-refractivity contribution in [1.82, 2.24) is 0 Å². The summed E-state index contributed by atoms with van der Waals surface area (Å²) in [6.07, 6.45) is 0.591. The second-order valence-corrected chi connectivity index (χ2v) is 4.99. The van der Waals surface area contributed by atoms with Crippen molar-refractivity contribution in [1.29, 1.82) is 0 Å². The number of ether oxygens (including phenoxy) is 1. The Labute approximate surface area is 119 Å². The number of rotatable bonds is 6. The smallest absolute Gasteiger partial charge is 0.340 e. The van der Waals surface area contributed by atoms with Crippen LogP contribution >= 0.6 is 0 Å². The SMILES string of the molecule is CCOC(=O)c1ccccc1NC(=O)[C@H](N)CC(C)C. The number of carbonyl (C=O) groups is 2. The first-order valence-electron chi connectivity index (χ1n) is 6.78. The molecule has 0 bridgehead atoms. The number of amides is 1. The van der Waals surface area contributed by atoms with Crippen molar-refractivity contribution in [3.05, 3.63) is 29.8 Å². The molecule has 1 aromatic rings. The molecule has 0 aliphatic heterocycles. The summed E-state index contributed by atoms with van der Waals surface area (Å²) in [5.41, 5.74) is 6.58. The predicted molar refractivity (Wildman–Crippen MR) is 78.5 cm³/mol. The molecule has 0 aliphatic rings. The average Bonchev–Trinajstić information content (AvgIpc) is 2.38. The van der Waals surface area contributed by atoms with Crippen LogP contribution in [0.4, 0.5) is 5.69 Å². The van der Waals surface area contributed by atoms with Crippen LogP contribution in [0.3, 0.4) is 0 Å². The van der Waals surface area contributed by atoms with Gasteiger partial charge in [-0.3, -0.25) is 4.79 Å². The average molecular weight is 278 g/mol. The number of nitrogens with two attached hydrogens (primary N) is 1. The molecule has 5 nitrogen and oxygen atoms in total. The van der Waals surface area contributed by atoms with E-state index in [-0.39, 0.29) is 12.5 Å². The number of benzene rings is 1. The Balaban J connectivity index is 2.82. The van der Waals surface area contributed by atoms with Crippen LogP contribution in [0.5, 0.6) is 0 Å². The summed E-state index contributed by atoms with van der Waals surface area (Å²) < 4.78 is 4.95. The van der Waals surface area contributed by atoms with Crippen LogP contribution in [-0.4, -0.2) is 24.5 Å². The van der Waals surface area contributed by atoms with E-state index in [0.717, 1.165) is 0 Å².